The summed E-state index contributed by atoms with van der Waals surface area (Å²) in [4.78, 5) is 14.2. The molecule has 0 aliphatic carbocycles. The van der Waals surface area contributed by atoms with E-state index in [0.717, 1.165) is 29.3 Å². The van der Waals surface area contributed by atoms with Crippen molar-refractivity contribution in [3.05, 3.63) is 29.3 Å². The minimum atomic E-state index is -0.0227. The molecule has 20 heavy (non-hydrogen) atoms. The van der Waals surface area contributed by atoms with Gasteiger partial charge in [0.15, 0.2) is 0 Å². The first-order chi connectivity index (χ1) is 9.61. The topological polar surface area (TPSA) is 44.4 Å². The van der Waals surface area contributed by atoms with E-state index in [1.807, 2.05) is 19.1 Å². The predicted molar refractivity (Wildman–Crippen MR) is 83.3 cm³/mol. The van der Waals surface area contributed by atoms with Crippen LogP contribution in [-0.4, -0.2) is 44.5 Å². The fraction of sp³-hybridized carbons (Fsp3) is 0.562. The van der Waals surface area contributed by atoms with Gasteiger partial charge in [-0.15, -0.1) is 0 Å². The molecule has 1 amide bonds. The Kier molecular flexibility index (Phi) is 5.01. The van der Waals surface area contributed by atoms with Crippen molar-refractivity contribution in [2.75, 3.05) is 39.0 Å². The van der Waals surface area contributed by atoms with E-state index in [-0.39, 0.29) is 5.91 Å². The average molecular weight is 275 g/mol. The van der Waals surface area contributed by atoms with Crippen molar-refractivity contribution in [2.24, 2.45) is 5.92 Å². The van der Waals surface area contributed by atoms with Crippen LogP contribution in [-0.2, 0) is 0 Å². The smallest absolute Gasteiger partial charge is 0.251 e. The molecule has 0 atom stereocenters. The molecule has 0 aromatic heterocycles. The molecule has 110 valence electrons. The van der Waals surface area contributed by atoms with Crippen LogP contribution in [0.5, 0.6) is 0 Å². The Hall–Kier alpha value is -1.55. The fourth-order valence-electron chi connectivity index (χ4n) is 2.73. The number of amides is 1. The van der Waals surface area contributed by atoms with Crippen LogP contribution in [0.2, 0.25) is 0 Å². The number of anilines is 1. The van der Waals surface area contributed by atoms with Crippen molar-refractivity contribution in [2.45, 2.75) is 19.8 Å². The highest BCUT2D eigenvalue weighted by Gasteiger charge is 2.17. The third kappa shape index (κ3) is 3.51. The number of carbonyl (C=O) groups is 1. The Bertz CT molecular complexity index is 465. The molecule has 1 saturated heterocycles. The average Bonchev–Trinajstić information content (AvgIpc) is 2.47. The normalized spacial score (nSPS) is 16.9. The highest BCUT2D eigenvalue weighted by Crippen LogP contribution is 2.21. The van der Waals surface area contributed by atoms with Gasteiger partial charge in [-0.25, -0.2) is 0 Å². The number of benzene rings is 1. The Morgan fingerprint density at radius 3 is 2.70 bits per heavy atom. The molecule has 0 radical (unpaired) electrons. The molecular weight excluding hydrogens is 250 g/mol. The van der Waals surface area contributed by atoms with Gasteiger partial charge >= 0.3 is 0 Å². The second kappa shape index (κ2) is 6.75. The summed E-state index contributed by atoms with van der Waals surface area (Å²) >= 11 is 0. The molecule has 4 heteroatoms. The molecule has 1 fully saturated rings. The van der Waals surface area contributed by atoms with Gasteiger partial charge in [0.1, 0.15) is 0 Å². The van der Waals surface area contributed by atoms with Gasteiger partial charge in [-0.1, -0.05) is 6.07 Å². The highest BCUT2D eigenvalue weighted by atomic mass is 16.1. The summed E-state index contributed by atoms with van der Waals surface area (Å²) in [6.45, 7) is 5.36. The minimum absolute atomic E-state index is 0.0227. The number of carbonyl (C=O) groups excluding carboxylic acids is 1. The van der Waals surface area contributed by atoms with E-state index in [9.17, 15) is 4.79 Å². The fourth-order valence-corrected chi connectivity index (χ4v) is 2.73. The molecule has 1 aromatic carbocycles. The number of hydrogen-bond acceptors (Lipinski definition) is 3. The quantitative estimate of drug-likeness (QED) is 0.884. The van der Waals surface area contributed by atoms with Gasteiger partial charge in [0.05, 0.1) is 0 Å². The summed E-state index contributed by atoms with van der Waals surface area (Å²) in [5.74, 6) is 0.708. The van der Waals surface area contributed by atoms with Crippen LogP contribution in [0.4, 0.5) is 5.69 Å². The van der Waals surface area contributed by atoms with E-state index in [1.54, 1.807) is 7.05 Å². The maximum absolute atomic E-state index is 11.8. The molecule has 0 unspecified atom stereocenters. The van der Waals surface area contributed by atoms with Crippen LogP contribution in [0.3, 0.4) is 0 Å². The lowest BCUT2D eigenvalue weighted by Gasteiger charge is -2.29. The van der Waals surface area contributed by atoms with Crippen LogP contribution in [0.25, 0.3) is 0 Å². The molecule has 4 nitrogen and oxygen atoms in total. The molecule has 1 aliphatic rings. The summed E-state index contributed by atoms with van der Waals surface area (Å²) in [6.07, 6.45) is 2.50. The molecule has 1 aromatic rings. The molecule has 1 heterocycles. The van der Waals surface area contributed by atoms with Crippen LogP contribution >= 0.6 is 0 Å². The molecule has 0 saturated carbocycles. The first-order valence-corrected chi connectivity index (χ1v) is 7.36. The van der Waals surface area contributed by atoms with Crippen LogP contribution < -0.4 is 10.6 Å². The van der Waals surface area contributed by atoms with Crippen molar-refractivity contribution in [1.29, 1.82) is 0 Å². The zero-order chi connectivity index (χ0) is 14.5. The number of nitrogens with zero attached hydrogens (tertiary/aromatic N) is 1. The maximum Gasteiger partial charge on any atom is 0.251 e. The summed E-state index contributed by atoms with van der Waals surface area (Å²) in [5, 5.41) is 6.21. The molecule has 2 N–H and O–H groups in total. The predicted octanol–water partition coefficient (Wildman–Crippen LogP) is 2.11. The van der Waals surface area contributed by atoms with Gasteiger partial charge in [-0.05, 0) is 63.5 Å². The van der Waals surface area contributed by atoms with Crippen molar-refractivity contribution >= 4 is 11.6 Å². The Morgan fingerprint density at radius 2 is 2.05 bits per heavy atom. The molecular formula is C16H25N3O. The van der Waals surface area contributed by atoms with Gasteiger partial charge in [0.2, 0.25) is 0 Å². The summed E-state index contributed by atoms with van der Waals surface area (Å²) in [5.41, 5.74) is 2.85. The van der Waals surface area contributed by atoms with Gasteiger partial charge < -0.3 is 15.5 Å². The van der Waals surface area contributed by atoms with Crippen molar-refractivity contribution in [1.82, 2.24) is 10.2 Å². The van der Waals surface area contributed by atoms with Gasteiger partial charge in [0, 0.05) is 24.8 Å². The Morgan fingerprint density at radius 1 is 1.35 bits per heavy atom. The monoisotopic (exact) mass is 275 g/mol. The molecule has 2 rings (SSSR count). The maximum atomic E-state index is 11.8. The molecule has 0 spiro atoms. The van der Waals surface area contributed by atoms with E-state index in [4.69, 9.17) is 0 Å². The number of nitrogens with one attached hydrogen (secondary N) is 2. The number of likely N-dealkylation sites (tertiary alicyclic amines) is 1. The van der Waals surface area contributed by atoms with Crippen molar-refractivity contribution in [3.8, 4) is 0 Å². The number of piperidine rings is 1. The Balaban J connectivity index is 1.98. The lowest BCUT2D eigenvalue weighted by atomic mass is 9.96. The van der Waals surface area contributed by atoms with Gasteiger partial charge in [0.25, 0.3) is 5.91 Å². The first-order valence-electron chi connectivity index (χ1n) is 7.36. The van der Waals surface area contributed by atoms with Crippen LogP contribution in [0.1, 0.15) is 28.8 Å². The highest BCUT2D eigenvalue weighted by molar-refractivity contribution is 5.96. The third-order valence-corrected chi connectivity index (χ3v) is 4.22. The van der Waals surface area contributed by atoms with E-state index < -0.39 is 0 Å². The summed E-state index contributed by atoms with van der Waals surface area (Å²) in [6, 6.07) is 5.86. The van der Waals surface area contributed by atoms with E-state index in [2.05, 4.69) is 28.6 Å². The van der Waals surface area contributed by atoms with Crippen molar-refractivity contribution < 1.29 is 4.79 Å². The second-order valence-corrected chi connectivity index (χ2v) is 5.68. The van der Waals surface area contributed by atoms with Gasteiger partial charge in [-0.3, -0.25) is 4.79 Å². The van der Waals surface area contributed by atoms with Crippen LogP contribution in [0.15, 0.2) is 18.2 Å². The molecule has 0 bridgehead atoms. The van der Waals surface area contributed by atoms with E-state index in [1.165, 1.54) is 25.9 Å². The summed E-state index contributed by atoms with van der Waals surface area (Å²) < 4.78 is 0. The Labute approximate surface area is 121 Å². The molecule has 1 aliphatic heterocycles. The number of rotatable bonds is 4. The third-order valence-electron chi connectivity index (χ3n) is 4.22. The lowest BCUT2D eigenvalue weighted by Crippen LogP contribution is -2.33. The summed E-state index contributed by atoms with van der Waals surface area (Å²) in [7, 11) is 3.85. The lowest BCUT2D eigenvalue weighted by molar-refractivity contribution is 0.0962. The first kappa shape index (κ1) is 14.9. The number of hydrogen-bond donors (Lipinski definition) is 2. The zero-order valence-electron chi connectivity index (χ0n) is 12.7. The van der Waals surface area contributed by atoms with E-state index in [0.29, 0.717) is 0 Å². The standard InChI is InChI=1S/C16H25N3O/c1-12-14(16(20)17-2)5-4-6-15(12)18-11-13-7-9-19(3)10-8-13/h4-6,13,18H,7-11H2,1-3H3,(H,17,20). The zero-order valence-corrected chi connectivity index (χ0v) is 12.7. The SMILES string of the molecule is CNC(=O)c1cccc(NCC2CCN(C)CC2)c1C. The van der Waals surface area contributed by atoms with Crippen molar-refractivity contribution in [3.63, 3.8) is 0 Å². The van der Waals surface area contributed by atoms with Crippen LogP contribution in [0, 0.1) is 12.8 Å². The second-order valence-electron chi connectivity index (χ2n) is 5.68. The van der Waals surface area contributed by atoms with Gasteiger partial charge in [-0.2, -0.15) is 0 Å². The largest absolute Gasteiger partial charge is 0.385 e. The van der Waals surface area contributed by atoms with E-state index >= 15 is 0 Å². The minimum Gasteiger partial charge on any atom is -0.385 e.